The molecular weight excluding hydrogens is 582 g/mol. The van der Waals surface area contributed by atoms with Crippen molar-refractivity contribution < 1.29 is 26.9 Å². The number of para-hydroxylation sites is 1. The van der Waals surface area contributed by atoms with E-state index in [4.69, 9.17) is 8.85 Å². The van der Waals surface area contributed by atoms with Crippen molar-refractivity contribution in [3.63, 3.8) is 0 Å². The van der Waals surface area contributed by atoms with Crippen LogP contribution in [0.4, 0.5) is 23.0 Å². The topological polar surface area (TPSA) is 181 Å². The van der Waals surface area contributed by atoms with E-state index in [2.05, 4.69) is 36.0 Å². The minimum absolute atomic E-state index is 0.0855. The molecule has 0 saturated carbocycles. The van der Waals surface area contributed by atoms with E-state index < -0.39 is 22.7 Å². The fourth-order valence-corrected chi connectivity index (χ4v) is 6.22. The van der Waals surface area contributed by atoms with Gasteiger partial charge in [-0.05, 0) is 31.2 Å². The lowest BCUT2D eigenvalue weighted by Crippen LogP contribution is -2.43. The van der Waals surface area contributed by atoms with Crippen molar-refractivity contribution >= 4 is 56.0 Å². The molecule has 4 aromatic rings. The second kappa shape index (κ2) is 12.0. The first kappa shape index (κ1) is 25.0. The number of nitrogens with zero attached hydrogens (tertiary/aromatic N) is 6. The summed E-state index contributed by atoms with van der Waals surface area (Å²) < 4.78 is 51.6. The summed E-state index contributed by atoms with van der Waals surface area (Å²) in [5.41, 5.74) is 1.40. The van der Waals surface area contributed by atoms with Gasteiger partial charge in [-0.15, -0.1) is 26.6 Å². The van der Waals surface area contributed by atoms with Crippen LogP contribution < -0.4 is 20.7 Å². The van der Waals surface area contributed by atoms with Crippen LogP contribution >= 0.6 is 11.3 Å². The molecule has 3 N–H and O–H groups in total. The number of aromatic nitrogens is 5. The quantitative estimate of drug-likeness (QED) is 0.265. The van der Waals surface area contributed by atoms with Gasteiger partial charge in [0.05, 0.1) is 47.4 Å². The van der Waals surface area contributed by atoms with Crippen molar-refractivity contribution in [3.8, 4) is 16.3 Å². The lowest BCUT2D eigenvalue weighted by atomic mass is 10.1. The first-order valence-electron chi connectivity index (χ1n) is 14.0. The van der Waals surface area contributed by atoms with Gasteiger partial charge in [-0.3, -0.25) is 9.59 Å². The Morgan fingerprint density at radius 1 is 1.02 bits per heavy atom. The highest BCUT2D eigenvalue weighted by atomic mass is 32.2. The van der Waals surface area contributed by atoms with E-state index in [-0.39, 0.29) is 47.7 Å². The Morgan fingerprint density at radius 2 is 1.81 bits per heavy atom. The average Bonchev–Trinajstić information content (AvgIpc) is 3.47. The lowest BCUT2D eigenvalue weighted by molar-refractivity contribution is 0.0774. The van der Waals surface area contributed by atoms with Crippen LogP contribution in [-0.2, 0) is 9.84 Å². The Kier molecular flexibility index (Phi) is 7.18. The molecule has 0 aliphatic carbocycles. The zero-order chi connectivity index (χ0) is 32.4. The van der Waals surface area contributed by atoms with E-state index in [0.717, 1.165) is 11.3 Å². The van der Waals surface area contributed by atoms with Crippen LogP contribution in [0.25, 0.3) is 10.6 Å². The molecule has 1 aliphatic rings. The zero-order valence-corrected chi connectivity index (χ0v) is 24.0. The molecule has 0 bridgehead atoms. The summed E-state index contributed by atoms with van der Waals surface area (Å²) in [6, 6.07) is 9.98. The largest absolute Gasteiger partial charge is 0.494 e. The summed E-state index contributed by atoms with van der Waals surface area (Å²) in [6.45, 7) is -0.763. The number of hydrogen-bond donors (Lipinski definition) is 3. The van der Waals surface area contributed by atoms with E-state index in [9.17, 15) is 18.0 Å². The van der Waals surface area contributed by atoms with E-state index in [1.807, 2.05) is 5.32 Å². The van der Waals surface area contributed by atoms with E-state index in [0.29, 0.717) is 38.4 Å². The van der Waals surface area contributed by atoms with Gasteiger partial charge in [0.15, 0.2) is 32.9 Å². The van der Waals surface area contributed by atoms with Gasteiger partial charge in [0, 0.05) is 30.2 Å². The number of thiazole rings is 1. The number of rotatable bonds is 8. The minimum Gasteiger partial charge on any atom is -0.494 e. The SMILES string of the molecule is [2H]C([2H])([2H])NC(=O)c1nnc(Nc2ccc(C)nn2)cc1Nc1cccc(-c2ncc(C(=O)N3CCS(=O)(=O)CC3)s2)c1OC. The third-order valence-electron chi connectivity index (χ3n) is 6.24. The molecule has 0 unspecified atom stereocenters. The number of ether oxygens (including phenoxy) is 1. The molecule has 5 rings (SSSR count). The molecule has 2 amide bonds. The van der Waals surface area contributed by atoms with Gasteiger partial charge in [-0.25, -0.2) is 13.4 Å². The molecular formula is C26H27N9O5S2. The number of methoxy groups -OCH3 is 1. The first-order chi connectivity index (χ1) is 21.3. The van der Waals surface area contributed by atoms with Crippen LogP contribution in [-0.4, -0.2) is 89.2 Å². The van der Waals surface area contributed by atoms with Gasteiger partial charge in [0.2, 0.25) is 0 Å². The number of nitrogens with one attached hydrogen (secondary N) is 3. The summed E-state index contributed by atoms with van der Waals surface area (Å²) in [6.07, 6.45) is 1.43. The summed E-state index contributed by atoms with van der Waals surface area (Å²) in [5, 5.41) is 24.4. The molecule has 1 aromatic carbocycles. The number of amides is 2. The summed E-state index contributed by atoms with van der Waals surface area (Å²) in [7, 11) is -1.71. The summed E-state index contributed by atoms with van der Waals surface area (Å²) in [4.78, 5) is 32.2. The van der Waals surface area contributed by atoms with Crippen LogP contribution in [0, 0.1) is 6.92 Å². The molecule has 218 valence electrons. The Morgan fingerprint density at radius 3 is 2.52 bits per heavy atom. The van der Waals surface area contributed by atoms with Crippen molar-refractivity contribution in [2.24, 2.45) is 0 Å². The molecule has 16 heteroatoms. The van der Waals surface area contributed by atoms with Gasteiger partial charge in [-0.1, -0.05) is 6.07 Å². The van der Waals surface area contributed by atoms with Crippen LogP contribution in [0.5, 0.6) is 5.75 Å². The highest BCUT2D eigenvalue weighted by Gasteiger charge is 2.27. The van der Waals surface area contributed by atoms with E-state index >= 15 is 0 Å². The number of carbonyl (C=O) groups is 2. The number of benzene rings is 1. The third-order valence-corrected chi connectivity index (χ3v) is 8.87. The molecule has 1 aliphatic heterocycles. The Bertz CT molecular complexity index is 1840. The number of sulfone groups is 1. The summed E-state index contributed by atoms with van der Waals surface area (Å²) >= 11 is 1.12. The smallest absolute Gasteiger partial charge is 0.273 e. The Labute approximate surface area is 249 Å². The standard InChI is InChI=1S/C26H27N9O5S2/c1-15-7-8-20(32-31-15)30-21-13-18(22(34-33-21)24(36)27-2)29-17-6-4-5-16(23(17)40-3)25-28-14-19(41-25)26(37)35-9-11-42(38,39)12-10-35/h4-8,13-14H,9-12H2,1-3H3,(H,27,36)(H2,29,30,32,33)/i2D3. The molecule has 0 atom stereocenters. The van der Waals surface area contributed by atoms with Crippen molar-refractivity contribution in [1.29, 1.82) is 0 Å². The van der Waals surface area contributed by atoms with Crippen molar-refractivity contribution in [2.45, 2.75) is 6.92 Å². The van der Waals surface area contributed by atoms with E-state index in [1.165, 1.54) is 24.3 Å². The Balaban J connectivity index is 1.46. The second-order valence-corrected chi connectivity index (χ2v) is 12.5. The fourth-order valence-electron chi connectivity index (χ4n) is 4.11. The second-order valence-electron chi connectivity index (χ2n) is 9.12. The maximum absolute atomic E-state index is 13.1. The Hall–Kier alpha value is -4.70. The van der Waals surface area contributed by atoms with Gasteiger partial charge in [0.25, 0.3) is 11.8 Å². The van der Waals surface area contributed by atoms with Crippen molar-refractivity contribution in [3.05, 3.63) is 58.9 Å². The molecule has 42 heavy (non-hydrogen) atoms. The maximum Gasteiger partial charge on any atom is 0.273 e. The fraction of sp³-hybridized carbons (Fsp3) is 0.269. The predicted octanol–water partition coefficient (Wildman–Crippen LogP) is 2.42. The summed E-state index contributed by atoms with van der Waals surface area (Å²) in [5.74, 6) is -0.614. The molecule has 4 heterocycles. The molecule has 3 aromatic heterocycles. The van der Waals surface area contributed by atoms with Crippen LogP contribution in [0.3, 0.4) is 0 Å². The lowest BCUT2D eigenvalue weighted by Gasteiger charge is -2.25. The average molecular weight is 613 g/mol. The third kappa shape index (κ3) is 6.28. The highest BCUT2D eigenvalue weighted by molar-refractivity contribution is 7.91. The molecule has 0 radical (unpaired) electrons. The zero-order valence-electron chi connectivity index (χ0n) is 25.4. The molecule has 1 fully saturated rings. The molecule has 14 nitrogen and oxygen atoms in total. The predicted molar refractivity (Wildman–Crippen MR) is 157 cm³/mol. The van der Waals surface area contributed by atoms with Crippen LogP contribution in [0.2, 0.25) is 0 Å². The van der Waals surface area contributed by atoms with Gasteiger partial charge in [-0.2, -0.15) is 5.10 Å². The normalized spacial score (nSPS) is 15.6. The minimum atomic E-state index is -3.15. The van der Waals surface area contributed by atoms with Gasteiger partial charge >= 0.3 is 0 Å². The highest BCUT2D eigenvalue weighted by Crippen LogP contribution is 2.40. The molecule has 1 saturated heterocycles. The maximum atomic E-state index is 13.1. The van der Waals surface area contributed by atoms with Gasteiger partial charge in [0.1, 0.15) is 9.88 Å². The van der Waals surface area contributed by atoms with Crippen molar-refractivity contribution in [1.82, 2.24) is 35.6 Å². The number of carbonyl (C=O) groups excluding carboxylic acids is 2. The molecule has 0 spiro atoms. The first-order valence-corrected chi connectivity index (χ1v) is 15.1. The monoisotopic (exact) mass is 612 g/mol. The van der Waals surface area contributed by atoms with Gasteiger partial charge < -0.3 is 25.6 Å². The van der Waals surface area contributed by atoms with Crippen LogP contribution in [0.15, 0.2) is 42.6 Å². The van der Waals surface area contributed by atoms with E-state index in [1.54, 1.807) is 37.3 Å². The number of anilines is 4. The number of aryl methyl sites for hydroxylation is 1. The number of hydrogen-bond acceptors (Lipinski definition) is 13. The van der Waals surface area contributed by atoms with Crippen molar-refractivity contribution in [2.75, 3.05) is 49.3 Å². The van der Waals surface area contributed by atoms with Crippen LogP contribution in [0.1, 0.15) is 30.0 Å².